The van der Waals surface area contributed by atoms with Gasteiger partial charge in [-0.2, -0.15) is 0 Å². The summed E-state index contributed by atoms with van der Waals surface area (Å²) in [5.74, 6) is -1.16. The van der Waals surface area contributed by atoms with E-state index in [9.17, 15) is 19.5 Å². The minimum absolute atomic E-state index is 0.0317. The molecule has 0 aromatic heterocycles. The Labute approximate surface area is 206 Å². The van der Waals surface area contributed by atoms with Gasteiger partial charge in [-0.1, -0.05) is 56.4 Å². The van der Waals surface area contributed by atoms with E-state index >= 15 is 0 Å². The number of hydrogen-bond acceptors (Lipinski definition) is 5. The van der Waals surface area contributed by atoms with Gasteiger partial charge in [0.05, 0.1) is 13.1 Å². The van der Waals surface area contributed by atoms with Gasteiger partial charge in [-0.05, 0) is 25.2 Å². The van der Waals surface area contributed by atoms with E-state index in [1.54, 1.807) is 12.1 Å². The summed E-state index contributed by atoms with van der Waals surface area (Å²) in [6.45, 7) is 0.512. The van der Waals surface area contributed by atoms with Crippen LogP contribution in [0.2, 0.25) is 0 Å². The molecule has 1 aliphatic heterocycles. The van der Waals surface area contributed by atoms with Crippen LogP contribution in [0.15, 0.2) is 24.3 Å². The van der Waals surface area contributed by atoms with Crippen molar-refractivity contribution in [3.8, 4) is 0 Å². The number of rotatable bonds is 10. The Bertz CT molecular complexity index is 990. The Hall–Kier alpha value is -2.78. The summed E-state index contributed by atoms with van der Waals surface area (Å²) in [5.41, 5.74) is 12.1. The lowest BCUT2D eigenvalue weighted by Gasteiger charge is -2.46. The van der Waals surface area contributed by atoms with Gasteiger partial charge >= 0.3 is 11.9 Å². The number of carbonyl (C=O) groups excluding carboxylic acids is 2. The molecule has 7 N–H and O–H groups in total. The summed E-state index contributed by atoms with van der Waals surface area (Å²) >= 11 is 0. The van der Waals surface area contributed by atoms with Gasteiger partial charge in [0.15, 0.2) is 5.54 Å². The van der Waals surface area contributed by atoms with Crippen LogP contribution in [0.1, 0.15) is 68.9 Å². The van der Waals surface area contributed by atoms with Crippen LogP contribution >= 0.6 is 0 Å². The topological polar surface area (TPSA) is 159 Å². The van der Waals surface area contributed by atoms with Crippen molar-refractivity contribution in [2.24, 2.45) is 23.3 Å². The Morgan fingerprint density at radius 2 is 1.77 bits per heavy atom. The highest BCUT2D eigenvalue weighted by atomic mass is 16.4. The predicted octanol–water partition coefficient (Wildman–Crippen LogP) is 1.87. The lowest BCUT2D eigenvalue weighted by Crippen LogP contribution is -2.71. The van der Waals surface area contributed by atoms with Crippen molar-refractivity contribution in [3.05, 3.63) is 35.4 Å². The van der Waals surface area contributed by atoms with Crippen LogP contribution in [0.5, 0.6) is 0 Å². The third kappa shape index (κ3) is 4.84. The fraction of sp³-hybridized carbons (Fsp3) is 0.615. The number of nitrogen functional groups attached to an aromatic ring is 1. The van der Waals surface area contributed by atoms with Crippen molar-refractivity contribution in [1.82, 2.24) is 5.32 Å². The molecule has 9 nitrogen and oxygen atoms in total. The largest absolute Gasteiger partial charge is 0.480 e. The first-order valence-electron chi connectivity index (χ1n) is 12.8. The van der Waals surface area contributed by atoms with Gasteiger partial charge in [0.2, 0.25) is 0 Å². The van der Waals surface area contributed by atoms with Crippen LogP contribution < -0.4 is 16.8 Å². The Kier molecular flexibility index (Phi) is 7.28. The summed E-state index contributed by atoms with van der Waals surface area (Å²) < 4.78 is -0.0591. The maximum Gasteiger partial charge on any atom is 0.331 e. The number of likely N-dealkylation sites (tertiary alicyclic amines) is 1. The second kappa shape index (κ2) is 10.1. The van der Waals surface area contributed by atoms with Crippen molar-refractivity contribution >= 4 is 23.6 Å². The van der Waals surface area contributed by atoms with Crippen molar-refractivity contribution in [2.75, 3.05) is 13.1 Å². The van der Waals surface area contributed by atoms with Gasteiger partial charge < -0.3 is 16.6 Å². The van der Waals surface area contributed by atoms with Gasteiger partial charge in [0.25, 0.3) is 5.91 Å². The third-order valence-corrected chi connectivity index (χ3v) is 8.59. The average Bonchev–Trinajstić information content (AvgIpc) is 3.60. The molecule has 1 aromatic rings. The number of nitrogens with one attached hydrogen (secondary N) is 2. The summed E-state index contributed by atoms with van der Waals surface area (Å²) in [6, 6.07) is 6.57. The number of amidine groups is 1. The fourth-order valence-electron chi connectivity index (χ4n) is 6.74. The molecule has 1 unspecified atom stereocenters. The number of carboxylic acids is 1. The first kappa shape index (κ1) is 25.3. The van der Waals surface area contributed by atoms with Crippen LogP contribution in [0.25, 0.3) is 0 Å². The number of primary amides is 1. The van der Waals surface area contributed by atoms with Gasteiger partial charge in [-0.3, -0.25) is 20.3 Å². The van der Waals surface area contributed by atoms with Crippen LogP contribution in [0, 0.1) is 17.2 Å². The van der Waals surface area contributed by atoms with Gasteiger partial charge in [-0.25, -0.2) is 9.28 Å². The molecule has 190 valence electrons. The zero-order valence-corrected chi connectivity index (χ0v) is 20.3. The van der Waals surface area contributed by atoms with Crippen LogP contribution in [0.3, 0.4) is 0 Å². The van der Waals surface area contributed by atoms with Gasteiger partial charge in [0, 0.05) is 23.5 Å². The molecule has 4 atom stereocenters. The number of aliphatic carboxylic acids is 1. The molecule has 1 saturated heterocycles. The molecule has 0 spiro atoms. The number of benzene rings is 1. The molecule has 0 bridgehead atoms. The molecule has 2 amide bonds. The highest BCUT2D eigenvalue weighted by molar-refractivity contribution is 5.95. The van der Waals surface area contributed by atoms with E-state index in [0.29, 0.717) is 37.4 Å². The molecule has 35 heavy (non-hydrogen) atoms. The average molecular weight is 485 g/mol. The summed E-state index contributed by atoms with van der Waals surface area (Å²) in [6.07, 6.45) is 8.37. The fourth-order valence-corrected chi connectivity index (χ4v) is 6.74. The lowest BCUT2D eigenvalue weighted by atomic mass is 9.83. The molecule has 4 rings (SSSR count). The summed E-state index contributed by atoms with van der Waals surface area (Å²) in [7, 11) is 0. The Morgan fingerprint density at radius 1 is 1.09 bits per heavy atom. The van der Waals surface area contributed by atoms with E-state index in [4.69, 9.17) is 16.9 Å². The smallest absolute Gasteiger partial charge is 0.331 e. The highest BCUT2D eigenvalue weighted by Crippen LogP contribution is 2.59. The second-order valence-electron chi connectivity index (χ2n) is 10.7. The van der Waals surface area contributed by atoms with Crippen molar-refractivity contribution in [3.63, 3.8) is 0 Å². The minimum atomic E-state index is -1.01. The monoisotopic (exact) mass is 484 g/mol. The number of nitrogens with zero attached hydrogens (tertiary/aromatic N) is 1. The van der Waals surface area contributed by atoms with Crippen molar-refractivity contribution < 1.29 is 24.0 Å². The SMILES string of the molecule is N=C(N)c1ccc(C[N+]2(C(=O)[C@@H](CC3CCCCC3)NCC(=O)O)CCC[C@@H]3C[C@@]32C(N)=O)cc1. The quantitative estimate of drug-likeness (QED) is 0.194. The number of quaternary nitrogens is 1. The van der Waals surface area contributed by atoms with Gasteiger partial charge in [-0.15, -0.1) is 0 Å². The normalized spacial score (nSPS) is 29.1. The van der Waals surface area contributed by atoms with E-state index in [-0.39, 0.29) is 28.7 Å². The highest BCUT2D eigenvalue weighted by Gasteiger charge is 2.76. The zero-order chi connectivity index (χ0) is 25.2. The summed E-state index contributed by atoms with van der Waals surface area (Å²) in [5, 5.41) is 20.0. The number of fused-ring (bicyclic) bond motifs is 1. The standard InChI is InChI=1S/C26H37N5O4/c27-23(28)19-10-8-18(9-11-19)16-31(12-4-7-20-14-26(20,31)25(29)35)24(34)21(30-15-22(32)33)13-17-5-2-1-3-6-17/h8-11,17,20-21,30H,1-7,12-16H2,(H5-,27,28,29,32,33,35)/p+1/t20-,21-,26+,31?/m1/s1. The van der Waals surface area contributed by atoms with Crippen LogP contribution in [-0.2, 0) is 20.9 Å². The van der Waals surface area contributed by atoms with E-state index in [2.05, 4.69) is 5.32 Å². The number of piperidine rings is 1. The second-order valence-corrected chi connectivity index (χ2v) is 10.7. The van der Waals surface area contributed by atoms with Crippen LogP contribution in [-0.4, -0.2) is 57.9 Å². The molecule has 9 heteroatoms. The maximum absolute atomic E-state index is 14.5. The third-order valence-electron chi connectivity index (χ3n) is 8.59. The Morgan fingerprint density at radius 3 is 2.37 bits per heavy atom. The van der Waals surface area contributed by atoms with Gasteiger partial charge in [0.1, 0.15) is 18.4 Å². The number of amides is 2. The van der Waals surface area contributed by atoms with Crippen LogP contribution in [0.4, 0.5) is 0 Å². The van der Waals surface area contributed by atoms with Crippen molar-refractivity contribution in [1.29, 1.82) is 5.41 Å². The molecule has 1 aromatic carbocycles. The number of carbonyl (C=O) groups is 3. The van der Waals surface area contributed by atoms with E-state index in [1.807, 2.05) is 12.1 Å². The first-order valence-corrected chi connectivity index (χ1v) is 12.8. The number of hydrogen-bond donors (Lipinski definition) is 5. The molecule has 0 radical (unpaired) electrons. The molecule has 2 aliphatic carbocycles. The molecule has 2 saturated carbocycles. The molecular weight excluding hydrogens is 446 g/mol. The van der Waals surface area contributed by atoms with Crippen molar-refractivity contribution in [2.45, 2.75) is 75.9 Å². The molecule has 1 heterocycles. The zero-order valence-electron chi connectivity index (χ0n) is 20.3. The first-order chi connectivity index (χ1) is 16.7. The molecular formula is C26H38N5O4+. The predicted molar refractivity (Wildman–Crippen MR) is 131 cm³/mol. The lowest BCUT2D eigenvalue weighted by molar-refractivity contribution is -0.900. The molecule has 3 fully saturated rings. The number of nitrogens with two attached hydrogens (primary N) is 2. The van der Waals surface area contributed by atoms with E-state index in [0.717, 1.165) is 44.1 Å². The Balaban J connectivity index is 1.70. The molecule has 3 aliphatic rings. The summed E-state index contributed by atoms with van der Waals surface area (Å²) in [4.78, 5) is 38.8. The van der Waals surface area contributed by atoms with E-state index in [1.165, 1.54) is 6.42 Å². The maximum atomic E-state index is 14.5. The number of carboxylic acid groups (broad SMARTS) is 1. The van der Waals surface area contributed by atoms with E-state index < -0.39 is 23.5 Å². The minimum Gasteiger partial charge on any atom is -0.480 e.